The lowest BCUT2D eigenvalue weighted by Gasteiger charge is -2.06. The number of halogens is 1. The molecule has 0 aliphatic carbocycles. The summed E-state index contributed by atoms with van der Waals surface area (Å²) >= 11 is 2.16. The van der Waals surface area contributed by atoms with Crippen LogP contribution in [-0.2, 0) is 4.79 Å². The van der Waals surface area contributed by atoms with Crippen molar-refractivity contribution in [3.8, 4) is 0 Å². The number of carbonyl (C=O) groups excluding carboxylic acids is 2. The van der Waals surface area contributed by atoms with Gasteiger partial charge in [-0.3, -0.25) is 9.59 Å². The molecular weight excluding hydrogens is 359 g/mol. The van der Waals surface area contributed by atoms with E-state index in [-0.39, 0.29) is 18.4 Å². The van der Waals surface area contributed by atoms with Crippen LogP contribution in [-0.4, -0.2) is 18.4 Å². The standard InChI is InChI=1S/C13H11IN2O3/c14-10-2-1-3-11(6-10)16-12(17)7-15-13(18)9-4-5-19-8-9/h1-6,8H,7H2,(H,15,18)(H,16,17). The van der Waals surface area contributed by atoms with Gasteiger partial charge in [-0.15, -0.1) is 0 Å². The van der Waals surface area contributed by atoms with Crippen LogP contribution in [0.25, 0.3) is 0 Å². The fraction of sp³-hybridized carbons (Fsp3) is 0.0769. The molecule has 1 aromatic carbocycles. The Morgan fingerprint density at radius 3 is 2.79 bits per heavy atom. The Morgan fingerprint density at radius 2 is 2.11 bits per heavy atom. The van der Waals surface area contributed by atoms with Crippen molar-refractivity contribution in [3.05, 3.63) is 52.0 Å². The van der Waals surface area contributed by atoms with E-state index in [9.17, 15) is 9.59 Å². The number of nitrogens with one attached hydrogen (secondary N) is 2. The SMILES string of the molecule is O=C(CNC(=O)c1ccoc1)Nc1cccc(I)c1. The quantitative estimate of drug-likeness (QED) is 0.812. The minimum atomic E-state index is -0.341. The van der Waals surface area contributed by atoms with E-state index >= 15 is 0 Å². The number of carbonyl (C=O) groups is 2. The van der Waals surface area contributed by atoms with Crippen LogP contribution in [0.1, 0.15) is 10.4 Å². The van der Waals surface area contributed by atoms with Crippen LogP contribution in [0.2, 0.25) is 0 Å². The Kier molecular flexibility index (Phi) is 4.56. The van der Waals surface area contributed by atoms with Gasteiger partial charge in [0.05, 0.1) is 18.4 Å². The van der Waals surface area contributed by atoms with Gasteiger partial charge in [0.15, 0.2) is 0 Å². The Balaban J connectivity index is 1.83. The maximum atomic E-state index is 11.6. The van der Waals surface area contributed by atoms with Crippen molar-refractivity contribution in [2.45, 2.75) is 0 Å². The second-order valence-electron chi connectivity index (χ2n) is 3.75. The summed E-state index contributed by atoms with van der Waals surface area (Å²) in [6.07, 6.45) is 2.73. The predicted molar refractivity (Wildman–Crippen MR) is 78.8 cm³/mol. The van der Waals surface area contributed by atoms with Crippen LogP contribution >= 0.6 is 22.6 Å². The highest BCUT2D eigenvalue weighted by Crippen LogP contribution is 2.11. The van der Waals surface area contributed by atoms with Crippen molar-refractivity contribution in [1.29, 1.82) is 0 Å². The molecule has 98 valence electrons. The first-order valence-corrected chi connectivity index (χ1v) is 6.59. The third kappa shape index (κ3) is 4.09. The smallest absolute Gasteiger partial charge is 0.254 e. The number of rotatable bonds is 4. The molecule has 1 aromatic heterocycles. The molecule has 0 aliphatic heterocycles. The van der Waals surface area contributed by atoms with Gasteiger partial charge in [0.25, 0.3) is 5.91 Å². The zero-order valence-electron chi connectivity index (χ0n) is 9.85. The van der Waals surface area contributed by atoms with E-state index in [1.165, 1.54) is 18.6 Å². The number of benzene rings is 1. The maximum absolute atomic E-state index is 11.6. The molecule has 0 fully saturated rings. The molecule has 0 unspecified atom stereocenters. The highest BCUT2D eigenvalue weighted by atomic mass is 127. The fourth-order valence-corrected chi connectivity index (χ4v) is 1.97. The Bertz CT molecular complexity index is 581. The van der Waals surface area contributed by atoms with Gasteiger partial charge in [-0.25, -0.2) is 0 Å². The summed E-state index contributed by atoms with van der Waals surface area (Å²) in [4.78, 5) is 23.2. The molecular formula is C13H11IN2O3. The summed E-state index contributed by atoms with van der Waals surface area (Å²) in [6, 6.07) is 8.94. The number of anilines is 1. The molecule has 2 amide bonds. The third-order valence-corrected chi connectivity index (χ3v) is 2.97. The van der Waals surface area contributed by atoms with Crippen LogP contribution in [0.3, 0.4) is 0 Å². The lowest BCUT2D eigenvalue weighted by Crippen LogP contribution is -2.32. The first kappa shape index (κ1) is 13.6. The molecule has 19 heavy (non-hydrogen) atoms. The van der Waals surface area contributed by atoms with Crippen molar-refractivity contribution >= 4 is 40.1 Å². The molecule has 2 aromatic rings. The van der Waals surface area contributed by atoms with Gasteiger partial charge >= 0.3 is 0 Å². The van der Waals surface area contributed by atoms with E-state index in [0.29, 0.717) is 11.3 Å². The molecule has 0 atom stereocenters. The largest absolute Gasteiger partial charge is 0.472 e. The molecule has 5 nitrogen and oxygen atoms in total. The maximum Gasteiger partial charge on any atom is 0.254 e. The molecule has 2 N–H and O–H groups in total. The topological polar surface area (TPSA) is 71.3 Å². The zero-order valence-corrected chi connectivity index (χ0v) is 12.0. The first-order chi connectivity index (χ1) is 9.15. The number of hydrogen-bond acceptors (Lipinski definition) is 3. The first-order valence-electron chi connectivity index (χ1n) is 5.51. The lowest BCUT2D eigenvalue weighted by atomic mass is 10.3. The molecule has 0 saturated carbocycles. The Morgan fingerprint density at radius 1 is 1.26 bits per heavy atom. The molecule has 0 saturated heterocycles. The fourth-order valence-electron chi connectivity index (χ4n) is 1.43. The van der Waals surface area contributed by atoms with Crippen LogP contribution in [0.5, 0.6) is 0 Å². The summed E-state index contributed by atoms with van der Waals surface area (Å²) in [5, 5.41) is 5.21. The average molecular weight is 370 g/mol. The van der Waals surface area contributed by atoms with Gasteiger partial charge in [-0.1, -0.05) is 6.07 Å². The van der Waals surface area contributed by atoms with E-state index in [4.69, 9.17) is 4.42 Å². The van der Waals surface area contributed by atoms with E-state index in [2.05, 4.69) is 33.2 Å². The van der Waals surface area contributed by atoms with Gasteiger partial charge in [0, 0.05) is 9.26 Å². The molecule has 0 bridgehead atoms. The summed E-state index contributed by atoms with van der Waals surface area (Å²) in [7, 11) is 0. The third-order valence-electron chi connectivity index (χ3n) is 2.30. The second-order valence-corrected chi connectivity index (χ2v) is 5.00. The van der Waals surface area contributed by atoms with Crippen LogP contribution < -0.4 is 10.6 Å². The molecule has 6 heteroatoms. The van der Waals surface area contributed by atoms with E-state index < -0.39 is 0 Å². The molecule has 0 spiro atoms. The highest BCUT2D eigenvalue weighted by Gasteiger charge is 2.09. The predicted octanol–water partition coefficient (Wildman–Crippen LogP) is 2.25. The van der Waals surface area contributed by atoms with Gasteiger partial charge in [0.1, 0.15) is 6.26 Å². The van der Waals surface area contributed by atoms with Gasteiger partial charge in [0.2, 0.25) is 5.91 Å². The number of furan rings is 1. The van der Waals surface area contributed by atoms with Gasteiger partial charge in [-0.2, -0.15) is 0 Å². The highest BCUT2D eigenvalue weighted by molar-refractivity contribution is 14.1. The minimum Gasteiger partial charge on any atom is -0.472 e. The Labute approximate surface area is 123 Å². The average Bonchev–Trinajstić information content (AvgIpc) is 2.90. The Hall–Kier alpha value is -1.83. The molecule has 2 rings (SSSR count). The van der Waals surface area contributed by atoms with Crippen LogP contribution in [0, 0.1) is 3.57 Å². The normalized spacial score (nSPS) is 9.95. The molecule has 0 radical (unpaired) electrons. The summed E-state index contributed by atoms with van der Waals surface area (Å²) in [6.45, 7) is -0.0878. The molecule has 0 aliphatic rings. The van der Waals surface area contributed by atoms with Gasteiger partial charge in [-0.05, 0) is 46.9 Å². The summed E-state index contributed by atoms with van der Waals surface area (Å²) < 4.78 is 5.81. The van der Waals surface area contributed by atoms with Crippen molar-refractivity contribution < 1.29 is 14.0 Å². The minimum absolute atomic E-state index is 0.0878. The number of amides is 2. The summed E-state index contributed by atoms with van der Waals surface area (Å²) in [5.74, 6) is -0.620. The van der Waals surface area contributed by atoms with Crippen molar-refractivity contribution in [3.63, 3.8) is 0 Å². The van der Waals surface area contributed by atoms with Crippen molar-refractivity contribution in [2.75, 3.05) is 11.9 Å². The monoisotopic (exact) mass is 370 g/mol. The molecule has 1 heterocycles. The second kappa shape index (κ2) is 6.37. The lowest BCUT2D eigenvalue weighted by molar-refractivity contribution is -0.115. The zero-order chi connectivity index (χ0) is 13.7. The summed E-state index contributed by atoms with van der Waals surface area (Å²) in [5.41, 5.74) is 1.09. The van der Waals surface area contributed by atoms with Crippen LogP contribution in [0.4, 0.5) is 5.69 Å². The van der Waals surface area contributed by atoms with E-state index in [1.54, 1.807) is 6.07 Å². The van der Waals surface area contributed by atoms with E-state index in [1.807, 2.05) is 18.2 Å². The number of hydrogen-bond donors (Lipinski definition) is 2. The van der Waals surface area contributed by atoms with Crippen molar-refractivity contribution in [2.24, 2.45) is 0 Å². The van der Waals surface area contributed by atoms with E-state index in [0.717, 1.165) is 3.57 Å². The van der Waals surface area contributed by atoms with Gasteiger partial charge < -0.3 is 15.1 Å². The van der Waals surface area contributed by atoms with Crippen molar-refractivity contribution in [1.82, 2.24) is 5.32 Å². The van der Waals surface area contributed by atoms with Crippen LogP contribution in [0.15, 0.2) is 47.3 Å².